The van der Waals surface area contributed by atoms with Gasteiger partial charge in [0.1, 0.15) is 5.82 Å². The third-order valence-corrected chi connectivity index (χ3v) is 3.90. The van der Waals surface area contributed by atoms with Crippen LogP contribution in [0.15, 0.2) is 12.1 Å². The second-order valence-electron chi connectivity index (χ2n) is 6.02. The third-order valence-electron chi connectivity index (χ3n) is 3.90. The Hall–Kier alpha value is -1.13. The Kier molecular flexibility index (Phi) is 6.46. The highest BCUT2D eigenvalue weighted by molar-refractivity contribution is 5.42. The maximum absolute atomic E-state index is 5.83. The number of hydrogen-bond donors (Lipinski definition) is 1. The number of ether oxygens (including phenoxy) is 1. The minimum Gasteiger partial charge on any atom is -0.376 e. The molecular formula is C17H29N3O. The van der Waals surface area contributed by atoms with Crippen molar-refractivity contribution in [2.75, 3.05) is 31.6 Å². The summed E-state index contributed by atoms with van der Waals surface area (Å²) in [4.78, 5) is 6.90. The lowest BCUT2D eigenvalue weighted by atomic mass is 10.1. The number of nitrogens with one attached hydrogen (secondary N) is 1. The van der Waals surface area contributed by atoms with Crippen LogP contribution in [0.2, 0.25) is 0 Å². The van der Waals surface area contributed by atoms with E-state index in [2.05, 4.69) is 48.2 Å². The van der Waals surface area contributed by atoms with Gasteiger partial charge in [-0.1, -0.05) is 6.92 Å². The lowest BCUT2D eigenvalue weighted by Gasteiger charge is -2.28. The van der Waals surface area contributed by atoms with Crippen molar-refractivity contribution in [1.82, 2.24) is 10.3 Å². The molecule has 1 aromatic heterocycles. The van der Waals surface area contributed by atoms with E-state index in [0.717, 1.165) is 44.2 Å². The van der Waals surface area contributed by atoms with Gasteiger partial charge in [-0.3, -0.25) is 0 Å². The number of hydrogen-bond acceptors (Lipinski definition) is 4. The Bertz CT molecular complexity index is 430. The van der Waals surface area contributed by atoms with Crippen molar-refractivity contribution in [3.8, 4) is 0 Å². The van der Waals surface area contributed by atoms with Gasteiger partial charge in [0, 0.05) is 32.4 Å². The Morgan fingerprint density at radius 3 is 2.95 bits per heavy atom. The van der Waals surface area contributed by atoms with E-state index in [1.807, 2.05) is 0 Å². The summed E-state index contributed by atoms with van der Waals surface area (Å²) >= 11 is 0. The molecule has 0 aromatic carbocycles. The average Bonchev–Trinajstić information content (AvgIpc) is 2.48. The van der Waals surface area contributed by atoms with Gasteiger partial charge in [-0.25, -0.2) is 4.98 Å². The number of pyridine rings is 1. The minimum atomic E-state index is 0.354. The van der Waals surface area contributed by atoms with Crippen molar-refractivity contribution in [3.05, 3.63) is 23.4 Å². The molecule has 1 saturated heterocycles. The van der Waals surface area contributed by atoms with Crippen LogP contribution in [0.25, 0.3) is 0 Å². The zero-order valence-electron chi connectivity index (χ0n) is 13.7. The van der Waals surface area contributed by atoms with Crippen LogP contribution in [0.3, 0.4) is 0 Å². The number of rotatable bonds is 7. The lowest BCUT2D eigenvalue weighted by molar-refractivity contribution is 0.0215. The van der Waals surface area contributed by atoms with Gasteiger partial charge in [0.05, 0.1) is 6.10 Å². The van der Waals surface area contributed by atoms with Crippen LogP contribution in [-0.4, -0.2) is 37.8 Å². The molecule has 1 fully saturated rings. The molecule has 4 heteroatoms. The van der Waals surface area contributed by atoms with Crippen molar-refractivity contribution >= 4 is 5.82 Å². The molecule has 21 heavy (non-hydrogen) atoms. The Balaban J connectivity index is 1.96. The summed E-state index contributed by atoms with van der Waals surface area (Å²) in [5.74, 6) is 1.05. The normalized spacial score (nSPS) is 18.7. The van der Waals surface area contributed by atoms with Crippen LogP contribution in [0.1, 0.15) is 43.9 Å². The summed E-state index contributed by atoms with van der Waals surface area (Å²) in [6, 6.07) is 4.36. The minimum absolute atomic E-state index is 0.354. The topological polar surface area (TPSA) is 37.4 Å². The summed E-state index contributed by atoms with van der Waals surface area (Å²) in [6.07, 6.45) is 5.17. The number of likely N-dealkylation sites (N-methyl/N-ethyl adjacent to an activating group) is 1. The average molecular weight is 291 g/mol. The summed E-state index contributed by atoms with van der Waals surface area (Å²) in [6.45, 7) is 8.07. The van der Waals surface area contributed by atoms with Crippen molar-refractivity contribution in [2.45, 2.75) is 52.2 Å². The summed E-state index contributed by atoms with van der Waals surface area (Å²) in [5, 5.41) is 3.46. The van der Waals surface area contributed by atoms with E-state index >= 15 is 0 Å². The van der Waals surface area contributed by atoms with E-state index in [1.54, 1.807) is 0 Å². The summed E-state index contributed by atoms with van der Waals surface area (Å²) in [5.41, 5.74) is 2.39. The molecule has 1 aliphatic rings. The molecule has 4 nitrogen and oxygen atoms in total. The van der Waals surface area contributed by atoms with E-state index in [1.165, 1.54) is 24.8 Å². The molecule has 118 valence electrons. The number of nitrogens with zero attached hydrogens (tertiary/aromatic N) is 2. The fourth-order valence-corrected chi connectivity index (χ4v) is 2.78. The Morgan fingerprint density at radius 1 is 1.38 bits per heavy atom. The number of aromatic nitrogens is 1. The highest BCUT2D eigenvalue weighted by Crippen LogP contribution is 2.18. The smallest absolute Gasteiger partial charge is 0.128 e. The molecule has 0 bridgehead atoms. The molecule has 1 N–H and O–H groups in total. The number of anilines is 1. The van der Waals surface area contributed by atoms with E-state index in [0.29, 0.717) is 6.10 Å². The molecule has 0 saturated carbocycles. The quantitative estimate of drug-likeness (QED) is 0.784. The zero-order valence-corrected chi connectivity index (χ0v) is 13.7. The monoisotopic (exact) mass is 291 g/mol. The predicted octanol–water partition coefficient (Wildman–Crippen LogP) is 2.89. The summed E-state index contributed by atoms with van der Waals surface area (Å²) in [7, 11) is 2.11. The van der Waals surface area contributed by atoms with Crippen molar-refractivity contribution in [3.63, 3.8) is 0 Å². The van der Waals surface area contributed by atoms with Gasteiger partial charge in [-0.2, -0.15) is 0 Å². The van der Waals surface area contributed by atoms with Gasteiger partial charge >= 0.3 is 0 Å². The van der Waals surface area contributed by atoms with Gasteiger partial charge in [0.2, 0.25) is 0 Å². The molecule has 1 aromatic rings. The number of aryl methyl sites for hydroxylation is 1. The lowest BCUT2D eigenvalue weighted by Crippen LogP contribution is -2.34. The van der Waals surface area contributed by atoms with Gasteiger partial charge in [-0.15, -0.1) is 0 Å². The standard InChI is InChI=1S/C17H29N3O/c1-4-8-18-12-15-10-14(2)19-17(11-15)20(3)13-16-7-5-6-9-21-16/h10-11,16,18H,4-9,12-13H2,1-3H3. The largest absolute Gasteiger partial charge is 0.376 e. The molecule has 1 atom stereocenters. The van der Waals surface area contributed by atoms with Crippen molar-refractivity contribution in [2.24, 2.45) is 0 Å². The fraction of sp³-hybridized carbons (Fsp3) is 0.706. The first-order chi connectivity index (χ1) is 10.2. The Labute approximate surface area is 128 Å². The third kappa shape index (κ3) is 5.29. The van der Waals surface area contributed by atoms with Crippen molar-refractivity contribution < 1.29 is 4.74 Å². The molecule has 2 heterocycles. The maximum Gasteiger partial charge on any atom is 0.128 e. The molecule has 0 radical (unpaired) electrons. The zero-order chi connectivity index (χ0) is 15.1. The van der Waals surface area contributed by atoms with Crippen LogP contribution in [0.5, 0.6) is 0 Å². The van der Waals surface area contributed by atoms with Crippen LogP contribution in [0, 0.1) is 6.92 Å². The van der Waals surface area contributed by atoms with Crippen LogP contribution < -0.4 is 10.2 Å². The fourth-order valence-electron chi connectivity index (χ4n) is 2.78. The van der Waals surface area contributed by atoms with E-state index in [4.69, 9.17) is 4.74 Å². The van der Waals surface area contributed by atoms with E-state index < -0.39 is 0 Å². The molecule has 0 spiro atoms. The van der Waals surface area contributed by atoms with E-state index in [9.17, 15) is 0 Å². The molecule has 1 aliphatic heterocycles. The first kappa shape index (κ1) is 16.2. The first-order valence-electron chi connectivity index (χ1n) is 8.20. The van der Waals surface area contributed by atoms with Crippen LogP contribution in [-0.2, 0) is 11.3 Å². The molecule has 0 aliphatic carbocycles. The van der Waals surface area contributed by atoms with Crippen LogP contribution >= 0.6 is 0 Å². The second-order valence-corrected chi connectivity index (χ2v) is 6.02. The van der Waals surface area contributed by atoms with Crippen molar-refractivity contribution in [1.29, 1.82) is 0 Å². The molecular weight excluding hydrogens is 262 g/mol. The molecule has 1 unspecified atom stereocenters. The predicted molar refractivity (Wildman–Crippen MR) is 87.8 cm³/mol. The summed E-state index contributed by atoms with van der Waals surface area (Å²) < 4.78 is 5.83. The van der Waals surface area contributed by atoms with Gasteiger partial charge in [0.15, 0.2) is 0 Å². The maximum atomic E-state index is 5.83. The van der Waals surface area contributed by atoms with Gasteiger partial charge in [-0.05, 0) is 56.8 Å². The molecule has 2 rings (SSSR count). The molecule has 0 amide bonds. The van der Waals surface area contributed by atoms with E-state index in [-0.39, 0.29) is 0 Å². The SMILES string of the molecule is CCCNCc1cc(C)nc(N(C)CC2CCCCO2)c1. The highest BCUT2D eigenvalue weighted by Gasteiger charge is 2.17. The second kappa shape index (κ2) is 8.35. The highest BCUT2D eigenvalue weighted by atomic mass is 16.5. The van der Waals surface area contributed by atoms with Gasteiger partial charge < -0.3 is 15.0 Å². The van der Waals surface area contributed by atoms with Crippen LogP contribution in [0.4, 0.5) is 5.82 Å². The Morgan fingerprint density at radius 2 is 2.24 bits per heavy atom. The van der Waals surface area contributed by atoms with Gasteiger partial charge in [0.25, 0.3) is 0 Å². The first-order valence-corrected chi connectivity index (χ1v) is 8.20.